The largest absolute Gasteiger partial charge is 0.478 e. The predicted molar refractivity (Wildman–Crippen MR) is 276 cm³/mol. The molecule has 6 heterocycles. The van der Waals surface area contributed by atoms with Crippen molar-refractivity contribution in [2.24, 2.45) is 5.73 Å². The molecule has 0 aliphatic carbocycles. The van der Waals surface area contributed by atoms with Crippen LogP contribution in [0.4, 0.5) is 0 Å². The van der Waals surface area contributed by atoms with E-state index in [4.69, 9.17) is 34.0 Å². The van der Waals surface area contributed by atoms with Gasteiger partial charge in [0.15, 0.2) is 11.3 Å². The lowest BCUT2D eigenvalue weighted by molar-refractivity contribution is 0.0698. The molecule has 6 aromatic heterocycles. The average Bonchev–Trinajstić information content (AvgIpc) is 4.00. The number of hydrogen-bond donors (Lipinski definition) is 4. The second-order valence-corrected chi connectivity index (χ2v) is 12.6. The summed E-state index contributed by atoms with van der Waals surface area (Å²) in [6, 6.07) is 5.10. The molecule has 5 N–H and O–H groups in total. The van der Waals surface area contributed by atoms with Crippen LogP contribution in [0.5, 0.6) is 0 Å². The Balaban J connectivity index is -0.000000235. The van der Waals surface area contributed by atoms with Gasteiger partial charge in [0.05, 0.1) is 11.1 Å². The van der Waals surface area contributed by atoms with Gasteiger partial charge >= 0.3 is 5.97 Å². The number of carbonyl (C=O) groups excluding carboxylic acids is 2. The first-order valence-corrected chi connectivity index (χ1v) is 21.5. The highest BCUT2D eigenvalue weighted by atomic mass is 127. The number of fused-ring (bicyclic) bond motifs is 3. The van der Waals surface area contributed by atoms with Gasteiger partial charge in [-0.15, -0.1) is 24.0 Å². The number of nitrogens with zero attached hydrogens (tertiary/aromatic N) is 6. The molecule has 16 heteroatoms. The van der Waals surface area contributed by atoms with Crippen LogP contribution in [0.25, 0.3) is 16.9 Å². The molecule has 62 heavy (non-hydrogen) atoms. The van der Waals surface area contributed by atoms with Crippen molar-refractivity contribution in [1.82, 2.24) is 38.8 Å². The molecule has 0 saturated heterocycles. The third kappa shape index (κ3) is 16.5. The molecular weight excluding hydrogens is 940 g/mol. The van der Waals surface area contributed by atoms with Crippen molar-refractivity contribution < 1.29 is 20.9 Å². The summed E-state index contributed by atoms with van der Waals surface area (Å²) >= 11 is 12.0. The zero-order valence-electron chi connectivity index (χ0n) is 39.7. The fourth-order valence-corrected chi connectivity index (χ4v) is 5.59. The standard InChI is InChI=1S/C13H17N3O.C12H14ClN3O.C10H9ClN2O2.C2H7N.4C2H6.CH4.HI.H2/c1-5-14-13(17)11-6-7-16-10(4)8(2)9(3)15-12(11)16;1-4-14-12(17)9-5-6-16-8(3)7(2)10(13)15-11(9)16;1-5-6(2)13-4-3-7(10(14)15)9(13)12-8(5)11;1-2-3;4*1-2;;;/h6-7H,5H2,1-4H3,(H,14,17);5-6H,4H2,1-3H3,(H,14,17);3-4H,1-2H3,(H,14,15);2-3H2,1H3;4*1-2H3;1H4;2*1H. The normalized spacial score (nSPS) is 9.24. The van der Waals surface area contributed by atoms with E-state index in [9.17, 15) is 14.4 Å². The summed E-state index contributed by atoms with van der Waals surface area (Å²) < 4.78 is 5.57. The Hall–Kier alpha value is -4.25. The van der Waals surface area contributed by atoms with Gasteiger partial charge in [-0.3, -0.25) is 9.59 Å². The predicted octanol–water partition coefficient (Wildman–Crippen LogP) is 12.2. The van der Waals surface area contributed by atoms with E-state index in [1.807, 2.05) is 152 Å². The first kappa shape index (κ1) is 64.4. The molecular formula is C46H78Cl2IN9O4. The van der Waals surface area contributed by atoms with E-state index in [2.05, 4.69) is 25.6 Å². The number of halogens is 3. The highest BCUT2D eigenvalue weighted by Crippen LogP contribution is 2.23. The number of carbonyl (C=O) groups is 3. The van der Waals surface area contributed by atoms with Gasteiger partial charge in [-0.2, -0.15) is 0 Å². The fraction of sp³-hybridized carbons (Fsp3) is 0.478. The van der Waals surface area contributed by atoms with Crippen molar-refractivity contribution in [2.45, 2.75) is 132 Å². The van der Waals surface area contributed by atoms with Crippen LogP contribution in [0, 0.1) is 48.5 Å². The first-order valence-electron chi connectivity index (χ1n) is 20.8. The molecule has 6 rings (SSSR count). The molecule has 0 atom stereocenters. The number of aryl methyl sites for hydroxylation is 4. The maximum atomic E-state index is 11.9. The van der Waals surface area contributed by atoms with Crippen LogP contribution in [0.3, 0.4) is 0 Å². The fourth-order valence-electron chi connectivity index (χ4n) is 5.16. The molecule has 0 aliphatic heterocycles. The number of amides is 2. The lowest BCUT2D eigenvalue weighted by Crippen LogP contribution is -2.22. The monoisotopic (exact) mass is 1020 g/mol. The first-order chi connectivity index (χ1) is 28.5. The van der Waals surface area contributed by atoms with E-state index in [0.717, 1.165) is 51.7 Å². The summed E-state index contributed by atoms with van der Waals surface area (Å²) in [7, 11) is 0. The Bertz CT molecular complexity index is 2170. The van der Waals surface area contributed by atoms with Crippen LogP contribution < -0.4 is 16.4 Å². The van der Waals surface area contributed by atoms with Crippen molar-refractivity contribution in [2.75, 3.05) is 19.6 Å². The molecule has 6 aromatic rings. The maximum absolute atomic E-state index is 11.9. The van der Waals surface area contributed by atoms with E-state index in [0.29, 0.717) is 45.8 Å². The zero-order valence-corrected chi connectivity index (χ0v) is 43.5. The minimum atomic E-state index is -0.996. The number of aromatic nitrogens is 6. The van der Waals surface area contributed by atoms with Crippen LogP contribution in [-0.4, -0.2) is 70.7 Å². The Labute approximate surface area is 400 Å². The Morgan fingerprint density at radius 1 is 0.597 bits per heavy atom. The van der Waals surface area contributed by atoms with Crippen LogP contribution in [0.2, 0.25) is 10.3 Å². The smallest absolute Gasteiger partial charge is 0.339 e. The van der Waals surface area contributed by atoms with E-state index in [1.54, 1.807) is 16.7 Å². The summed E-state index contributed by atoms with van der Waals surface area (Å²) in [6.07, 6.45) is 5.42. The molecule has 0 saturated carbocycles. The van der Waals surface area contributed by atoms with Gasteiger partial charge in [0.25, 0.3) is 11.8 Å². The third-order valence-corrected chi connectivity index (χ3v) is 9.26. The van der Waals surface area contributed by atoms with Crippen molar-refractivity contribution in [3.63, 3.8) is 0 Å². The van der Waals surface area contributed by atoms with Gasteiger partial charge in [-0.25, -0.2) is 19.7 Å². The second-order valence-electron chi connectivity index (χ2n) is 11.8. The summed E-state index contributed by atoms with van der Waals surface area (Å²) in [5.41, 5.74) is 14.9. The van der Waals surface area contributed by atoms with E-state index >= 15 is 0 Å². The number of carboxylic acids is 1. The van der Waals surface area contributed by atoms with Gasteiger partial charge in [0.1, 0.15) is 21.5 Å². The van der Waals surface area contributed by atoms with Gasteiger partial charge in [-0.05, 0) is 92.6 Å². The molecule has 0 fully saturated rings. The summed E-state index contributed by atoms with van der Waals surface area (Å²) in [5, 5.41) is 15.3. The maximum Gasteiger partial charge on any atom is 0.339 e. The lowest BCUT2D eigenvalue weighted by Gasteiger charge is -2.08. The van der Waals surface area contributed by atoms with Crippen molar-refractivity contribution in [1.29, 1.82) is 0 Å². The SMILES string of the molecule is C.CC.CC.CC.CC.CCN.CCNC(=O)c1ccn2c(C)c(C)c(C)nc12.CCNC(=O)c1ccn2c(C)c(C)c(Cl)nc12.Cc1c(Cl)nc2c(C(=O)O)ccn2c1C.I.[HH]. The summed E-state index contributed by atoms with van der Waals surface area (Å²) in [5.74, 6) is -1.18. The van der Waals surface area contributed by atoms with Crippen molar-refractivity contribution >= 4 is 81.9 Å². The molecule has 0 spiro atoms. The number of rotatable bonds is 5. The number of aromatic carboxylic acids is 1. The number of nitrogens with two attached hydrogens (primary N) is 1. The Kier molecular flexibility index (Phi) is 34.6. The third-order valence-electron chi connectivity index (χ3n) is 8.53. The highest BCUT2D eigenvalue weighted by molar-refractivity contribution is 14.0. The Morgan fingerprint density at radius 3 is 1.18 bits per heavy atom. The van der Waals surface area contributed by atoms with Gasteiger partial charge in [0, 0.05) is 67.0 Å². The van der Waals surface area contributed by atoms with E-state index in [1.165, 1.54) is 6.07 Å². The van der Waals surface area contributed by atoms with Crippen LogP contribution in [0.15, 0.2) is 36.8 Å². The average molecular weight is 1020 g/mol. The minimum Gasteiger partial charge on any atom is -0.478 e. The van der Waals surface area contributed by atoms with Gasteiger partial charge in [-0.1, -0.05) is 92.9 Å². The molecule has 352 valence electrons. The minimum absolute atomic E-state index is 0. The molecule has 0 aliphatic rings. The summed E-state index contributed by atoms with van der Waals surface area (Å²) in [6.45, 7) is 37.3. The lowest BCUT2D eigenvalue weighted by atomic mass is 10.2. The van der Waals surface area contributed by atoms with E-state index in [-0.39, 0.29) is 50.2 Å². The number of hydrogen-bond acceptors (Lipinski definition) is 7. The van der Waals surface area contributed by atoms with E-state index < -0.39 is 5.97 Å². The van der Waals surface area contributed by atoms with Crippen LogP contribution >= 0.6 is 47.2 Å². The van der Waals surface area contributed by atoms with Crippen LogP contribution in [0.1, 0.15) is 156 Å². The molecule has 13 nitrogen and oxygen atoms in total. The molecule has 0 unspecified atom stereocenters. The zero-order chi connectivity index (χ0) is 47.0. The molecule has 0 bridgehead atoms. The second kappa shape index (κ2) is 33.3. The van der Waals surface area contributed by atoms with Crippen molar-refractivity contribution in [3.8, 4) is 0 Å². The van der Waals surface area contributed by atoms with Crippen LogP contribution in [-0.2, 0) is 0 Å². The van der Waals surface area contributed by atoms with Gasteiger partial charge < -0.3 is 34.7 Å². The Morgan fingerprint density at radius 2 is 0.871 bits per heavy atom. The topological polar surface area (TPSA) is 173 Å². The highest BCUT2D eigenvalue weighted by Gasteiger charge is 2.17. The quantitative estimate of drug-likeness (QED) is 0.0975. The van der Waals surface area contributed by atoms with Crippen molar-refractivity contribution in [3.05, 3.63) is 103 Å². The molecule has 0 aromatic carbocycles. The summed E-state index contributed by atoms with van der Waals surface area (Å²) in [4.78, 5) is 47.4. The number of nitrogens with one attached hydrogen (secondary N) is 2. The molecule has 2 amide bonds. The molecule has 0 radical (unpaired) electrons. The van der Waals surface area contributed by atoms with Gasteiger partial charge in [0.2, 0.25) is 0 Å². The number of carboxylic acid groups (broad SMARTS) is 1.